The fourth-order valence-electron chi connectivity index (χ4n) is 2.31. The van der Waals surface area contributed by atoms with E-state index in [1.165, 1.54) is 12.3 Å². The molecule has 1 aromatic heterocycles. The summed E-state index contributed by atoms with van der Waals surface area (Å²) in [6, 6.07) is 4.42. The van der Waals surface area contributed by atoms with Crippen molar-refractivity contribution in [2.45, 2.75) is 37.7 Å². The first-order valence-electron chi connectivity index (χ1n) is 7.19. The predicted molar refractivity (Wildman–Crippen MR) is 87.5 cm³/mol. The quantitative estimate of drug-likeness (QED) is 0.910. The molecule has 1 aromatic carbocycles. The third kappa shape index (κ3) is 3.62. The summed E-state index contributed by atoms with van der Waals surface area (Å²) in [7, 11) is -0.268. The first-order valence-corrected chi connectivity index (χ1v) is 8.34. The number of rotatable bonds is 3. The van der Waals surface area contributed by atoms with E-state index in [4.69, 9.17) is 5.26 Å². The Bertz CT molecular complexity index is 828. The van der Waals surface area contributed by atoms with E-state index in [2.05, 4.69) is 4.72 Å². The Morgan fingerprint density at radius 2 is 1.92 bits per heavy atom. The number of benzene rings is 1. The van der Waals surface area contributed by atoms with Gasteiger partial charge in [0.05, 0.1) is 27.4 Å². The number of fused-ring (bicyclic) bond motifs is 1. The van der Waals surface area contributed by atoms with Crippen LogP contribution in [0.25, 0.3) is 10.9 Å². The van der Waals surface area contributed by atoms with Crippen LogP contribution in [0.4, 0.5) is 13.2 Å². The molecule has 2 unspecified atom stereocenters. The number of nitrogens with one attached hydrogen (secondary N) is 1. The summed E-state index contributed by atoms with van der Waals surface area (Å²) in [5.41, 5.74) is 0.795. The lowest BCUT2D eigenvalue weighted by Crippen LogP contribution is -2.41. The molecular weight excluding hydrogens is 339 g/mol. The van der Waals surface area contributed by atoms with Crippen LogP contribution in [0, 0.1) is 11.3 Å². The molecule has 130 valence electrons. The van der Waals surface area contributed by atoms with Gasteiger partial charge in [0.2, 0.25) is 0 Å². The number of hydrogen-bond donors (Lipinski definition) is 1. The number of aromatic nitrogens is 1. The minimum Gasteiger partial charge on any atom is -0.350 e. The van der Waals surface area contributed by atoms with E-state index in [1.807, 2.05) is 6.07 Å². The second-order valence-electron chi connectivity index (χ2n) is 6.51. The van der Waals surface area contributed by atoms with Crippen LogP contribution in [0.1, 0.15) is 37.9 Å². The highest BCUT2D eigenvalue weighted by atomic mass is 32.2. The average Bonchev–Trinajstić information content (AvgIpc) is 2.78. The highest BCUT2D eigenvalue weighted by Gasteiger charge is 2.44. The molecule has 0 amide bonds. The number of hydrogen-bond acceptors (Lipinski definition) is 2. The summed E-state index contributed by atoms with van der Waals surface area (Å²) in [4.78, 5) is 0. The molecule has 2 atom stereocenters. The molecule has 0 saturated carbocycles. The van der Waals surface area contributed by atoms with E-state index < -0.39 is 28.0 Å². The van der Waals surface area contributed by atoms with Gasteiger partial charge in [0.15, 0.2) is 0 Å². The van der Waals surface area contributed by atoms with Crippen LogP contribution in [-0.4, -0.2) is 19.7 Å². The number of alkyl halides is 3. The highest BCUT2D eigenvalue weighted by Crippen LogP contribution is 2.38. The minimum absolute atomic E-state index is 0.0466. The Hall–Kier alpha value is -1.85. The van der Waals surface area contributed by atoms with Crippen LogP contribution in [0.2, 0.25) is 0 Å². The normalized spacial score (nSPS) is 15.2. The van der Waals surface area contributed by atoms with Crippen molar-refractivity contribution in [1.82, 2.24) is 9.29 Å². The molecule has 0 spiro atoms. The summed E-state index contributed by atoms with van der Waals surface area (Å²) in [5, 5.41) is 9.32. The van der Waals surface area contributed by atoms with E-state index in [1.54, 1.807) is 44.5 Å². The molecule has 1 heterocycles. The van der Waals surface area contributed by atoms with Crippen molar-refractivity contribution < 1.29 is 17.4 Å². The molecular formula is C16H18F3N3OS. The van der Waals surface area contributed by atoms with Gasteiger partial charge in [0.25, 0.3) is 0 Å². The topological polar surface area (TPSA) is 57.8 Å². The van der Waals surface area contributed by atoms with Crippen LogP contribution in [0.15, 0.2) is 24.4 Å². The van der Waals surface area contributed by atoms with E-state index in [9.17, 15) is 17.4 Å². The van der Waals surface area contributed by atoms with Gasteiger partial charge in [-0.25, -0.2) is 8.93 Å². The summed E-state index contributed by atoms with van der Waals surface area (Å²) in [6.07, 6.45) is -3.27. The summed E-state index contributed by atoms with van der Waals surface area (Å²) in [6.45, 7) is 4.79. The first kappa shape index (κ1) is 18.5. The van der Waals surface area contributed by atoms with Crippen molar-refractivity contribution in [3.63, 3.8) is 0 Å². The second-order valence-corrected chi connectivity index (χ2v) is 8.51. The molecule has 0 saturated heterocycles. The van der Waals surface area contributed by atoms with Crippen molar-refractivity contribution in [2.75, 3.05) is 0 Å². The van der Waals surface area contributed by atoms with Gasteiger partial charge in [-0.15, -0.1) is 0 Å². The molecule has 0 aliphatic heterocycles. The van der Waals surface area contributed by atoms with Crippen LogP contribution >= 0.6 is 0 Å². The highest BCUT2D eigenvalue weighted by molar-refractivity contribution is 7.84. The van der Waals surface area contributed by atoms with Crippen LogP contribution in [-0.2, 0) is 18.0 Å². The summed E-state index contributed by atoms with van der Waals surface area (Å²) in [5.74, 6) is 0. The van der Waals surface area contributed by atoms with Gasteiger partial charge in [0.1, 0.15) is 6.04 Å². The SMILES string of the molecule is Cn1cc(C(NS(=O)C(C)(C)C)C(F)(F)F)c2cc(C#N)ccc21. The average molecular weight is 357 g/mol. The van der Waals surface area contributed by atoms with Gasteiger partial charge in [-0.3, -0.25) is 0 Å². The molecule has 0 aliphatic carbocycles. The zero-order chi connectivity index (χ0) is 18.3. The van der Waals surface area contributed by atoms with Gasteiger partial charge in [0, 0.05) is 29.7 Å². The Balaban J connectivity index is 2.61. The van der Waals surface area contributed by atoms with Crippen LogP contribution in [0.5, 0.6) is 0 Å². The molecule has 0 aliphatic rings. The van der Waals surface area contributed by atoms with Crippen LogP contribution in [0.3, 0.4) is 0 Å². The first-order chi connectivity index (χ1) is 10.9. The zero-order valence-corrected chi connectivity index (χ0v) is 14.5. The van der Waals surface area contributed by atoms with E-state index >= 15 is 0 Å². The molecule has 4 nitrogen and oxygen atoms in total. The Labute approximate surface area is 140 Å². The largest absolute Gasteiger partial charge is 0.408 e. The van der Waals surface area contributed by atoms with Gasteiger partial charge in [-0.2, -0.15) is 18.4 Å². The third-order valence-electron chi connectivity index (χ3n) is 3.57. The van der Waals surface area contributed by atoms with Crippen molar-refractivity contribution in [1.29, 1.82) is 5.26 Å². The second kappa shape index (κ2) is 6.22. The van der Waals surface area contributed by atoms with Gasteiger partial charge >= 0.3 is 6.18 Å². The standard InChI is InChI=1S/C16H18F3N3OS/c1-15(2,3)24(23)21-14(16(17,18)19)12-9-22(4)13-6-5-10(8-20)7-11(12)13/h5-7,9,14,21H,1-4H3. The molecule has 2 aromatic rings. The van der Waals surface area contributed by atoms with E-state index in [0.717, 1.165) is 0 Å². The molecule has 0 radical (unpaired) electrons. The smallest absolute Gasteiger partial charge is 0.350 e. The minimum atomic E-state index is -4.63. The van der Waals surface area contributed by atoms with Crippen molar-refractivity contribution in [2.24, 2.45) is 7.05 Å². The Kier molecular flexibility index (Phi) is 4.79. The van der Waals surface area contributed by atoms with E-state index in [0.29, 0.717) is 10.9 Å². The zero-order valence-electron chi connectivity index (χ0n) is 13.7. The molecule has 2 rings (SSSR count). The Morgan fingerprint density at radius 3 is 2.42 bits per heavy atom. The van der Waals surface area contributed by atoms with Crippen molar-refractivity contribution >= 4 is 21.9 Å². The third-order valence-corrected chi connectivity index (χ3v) is 5.13. The molecule has 24 heavy (non-hydrogen) atoms. The lowest BCUT2D eigenvalue weighted by Gasteiger charge is -2.25. The summed E-state index contributed by atoms with van der Waals surface area (Å²) >= 11 is 0. The molecule has 0 bridgehead atoms. The van der Waals surface area contributed by atoms with Crippen molar-refractivity contribution in [3.05, 3.63) is 35.5 Å². The van der Waals surface area contributed by atoms with E-state index in [-0.39, 0.29) is 11.1 Å². The lowest BCUT2D eigenvalue weighted by molar-refractivity contribution is -0.152. The Morgan fingerprint density at radius 1 is 1.29 bits per heavy atom. The monoisotopic (exact) mass is 357 g/mol. The van der Waals surface area contributed by atoms with Crippen molar-refractivity contribution in [3.8, 4) is 6.07 Å². The predicted octanol–water partition coefficient (Wildman–Crippen LogP) is 3.71. The fraction of sp³-hybridized carbons (Fsp3) is 0.438. The maximum Gasteiger partial charge on any atom is 0.408 e. The van der Waals surface area contributed by atoms with Gasteiger partial charge < -0.3 is 4.57 Å². The van der Waals surface area contributed by atoms with Gasteiger partial charge in [-0.05, 0) is 39.0 Å². The maximum atomic E-state index is 13.6. The number of nitrogens with zero attached hydrogens (tertiary/aromatic N) is 2. The lowest BCUT2D eigenvalue weighted by atomic mass is 10.0. The molecule has 0 fully saturated rings. The van der Waals surface area contributed by atoms with Crippen LogP contribution < -0.4 is 4.72 Å². The summed E-state index contributed by atoms with van der Waals surface area (Å²) < 4.78 is 55.9. The number of halogens is 3. The molecule has 1 N–H and O–H groups in total. The molecule has 8 heteroatoms. The maximum absolute atomic E-state index is 13.6. The number of nitriles is 1. The fourth-order valence-corrected chi connectivity index (χ4v) is 3.14. The van der Waals surface area contributed by atoms with Gasteiger partial charge in [-0.1, -0.05) is 0 Å². The number of aryl methyl sites for hydroxylation is 1.